The molecule has 2 aromatic carbocycles. The lowest BCUT2D eigenvalue weighted by Crippen LogP contribution is -2.21. The number of nitrogens with zero attached hydrogens (tertiary/aromatic N) is 2. The first kappa shape index (κ1) is 18.3. The van der Waals surface area contributed by atoms with Gasteiger partial charge in [0, 0.05) is 17.6 Å². The van der Waals surface area contributed by atoms with E-state index in [4.69, 9.17) is 4.74 Å². The molecule has 3 aromatic rings. The van der Waals surface area contributed by atoms with Crippen LogP contribution in [0.3, 0.4) is 0 Å². The van der Waals surface area contributed by atoms with Crippen molar-refractivity contribution in [2.24, 2.45) is 0 Å². The molecule has 138 valence electrons. The number of ether oxygens (including phenoxy) is 1. The predicted molar refractivity (Wildman–Crippen MR) is 98.4 cm³/mol. The van der Waals surface area contributed by atoms with Gasteiger partial charge in [0.25, 0.3) is 5.91 Å². The summed E-state index contributed by atoms with van der Waals surface area (Å²) in [5.41, 5.74) is 2.88. The van der Waals surface area contributed by atoms with Crippen LogP contribution in [-0.2, 0) is 9.53 Å². The molecule has 0 radical (unpaired) electrons. The van der Waals surface area contributed by atoms with Crippen LogP contribution in [0, 0.1) is 19.7 Å². The molecule has 7 heteroatoms. The summed E-state index contributed by atoms with van der Waals surface area (Å²) in [6.07, 6.45) is 1.69. The molecule has 0 saturated carbocycles. The van der Waals surface area contributed by atoms with Crippen molar-refractivity contribution >= 4 is 17.6 Å². The number of carbonyl (C=O) groups excluding carboxylic acids is 2. The lowest BCUT2D eigenvalue weighted by Gasteiger charge is -2.08. The third kappa shape index (κ3) is 4.38. The zero-order valence-electron chi connectivity index (χ0n) is 14.9. The van der Waals surface area contributed by atoms with Crippen LogP contribution >= 0.6 is 0 Å². The fourth-order valence-corrected chi connectivity index (χ4v) is 2.46. The molecule has 0 spiro atoms. The van der Waals surface area contributed by atoms with E-state index in [0.29, 0.717) is 16.8 Å². The van der Waals surface area contributed by atoms with E-state index in [1.54, 1.807) is 54.2 Å². The molecular weight excluding hydrogens is 349 g/mol. The van der Waals surface area contributed by atoms with Gasteiger partial charge in [-0.2, -0.15) is 5.10 Å². The Morgan fingerprint density at radius 2 is 1.85 bits per heavy atom. The van der Waals surface area contributed by atoms with Gasteiger partial charge in [0.2, 0.25) is 0 Å². The number of hydrogen-bond acceptors (Lipinski definition) is 4. The third-order valence-corrected chi connectivity index (χ3v) is 3.97. The van der Waals surface area contributed by atoms with E-state index < -0.39 is 24.3 Å². The maximum absolute atomic E-state index is 13.5. The number of aryl methyl sites for hydroxylation is 2. The quantitative estimate of drug-likeness (QED) is 0.701. The van der Waals surface area contributed by atoms with E-state index in [0.717, 1.165) is 11.4 Å². The lowest BCUT2D eigenvalue weighted by atomic mass is 10.2. The molecule has 0 aliphatic heterocycles. The highest BCUT2D eigenvalue weighted by Gasteiger charge is 2.11. The summed E-state index contributed by atoms with van der Waals surface area (Å²) in [7, 11) is 0. The van der Waals surface area contributed by atoms with Gasteiger partial charge in [0.15, 0.2) is 6.61 Å². The molecule has 0 fully saturated rings. The summed E-state index contributed by atoms with van der Waals surface area (Å²) in [6, 6.07) is 12.9. The van der Waals surface area contributed by atoms with Crippen LogP contribution in [0.5, 0.6) is 0 Å². The van der Waals surface area contributed by atoms with Crippen LogP contribution in [0.15, 0.2) is 54.7 Å². The largest absolute Gasteiger partial charge is 0.452 e. The first-order valence-corrected chi connectivity index (χ1v) is 8.28. The van der Waals surface area contributed by atoms with Gasteiger partial charge in [-0.05, 0) is 61.9 Å². The summed E-state index contributed by atoms with van der Waals surface area (Å²) < 4.78 is 20.2. The second kappa shape index (κ2) is 7.82. The Kier molecular flexibility index (Phi) is 5.30. The van der Waals surface area contributed by atoms with E-state index in [-0.39, 0.29) is 0 Å². The molecular formula is C20H18FN3O3. The SMILES string of the molecule is Cc1ccc(NC(=O)COC(=O)c2ccc(-n3nccc3C)cc2)cc1F. The second-order valence-electron chi connectivity index (χ2n) is 6.02. The van der Waals surface area contributed by atoms with Crippen LogP contribution in [0.2, 0.25) is 0 Å². The first-order chi connectivity index (χ1) is 12.9. The minimum absolute atomic E-state index is 0.304. The van der Waals surface area contributed by atoms with E-state index in [1.165, 1.54) is 6.07 Å². The number of rotatable bonds is 5. The number of nitrogens with one attached hydrogen (secondary N) is 1. The topological polar surface area (TPSA) is 73.2 Å². The van der Waals surface area contributed by atoms with Crippen molar-refractivity contribution in [1.82, 2.24) is 9.78 Å². The van der Waals surface area contributed by atoms with Gasteiger partial charge in [-0.3, -0.25) is 4.79 Å². The average Bonchev–Trinajstić information content (AvgIpc) is 3.09. The van der Waals surface area contributed by atoms with Crippen molar-refractivity contribution in [3.63, 3.8) is 0 Å². The number of amides is 1. The Bertz CT molecular complexity index is 980. The Balaban J connectivity index is 1.56. The Morgan fingerprint density at radius 3 is 2.48 bits per heavy atom. The maximum Gasteiger partial charge on any atom is 0.338 e. The fourth-order valence-electron chi connectivity index (χ4n) is 2.46. The van der Waals surface area contributed by atoms with E-state index in [2.05, 4.69) is 10.4 Å². The van der Waals surface area contributed by atoms with Gasteiger partial charge in [-0.25, -0.2) is 13.9 Å². The monoisotopic (exact) mass is 367 g/mol. The Hall–Kier alpha value is -3.48. The molecule has 1 heterocycles. The summed E-state index contributed by atoms with van der Waals surface area (Å²) in [6.45, 7) is 3.09. The molecule has 1 N–H and O–H groups in total. The number of halogens is 1. The first-order valence-electron chi connectivity index (χ1n) is 8.28. The summed E-state index contributed by atoms with van der Waals surface area (Å²) in [4.78, 5) is 23.9. The van der Waals surface area contributed by atoms with Gasteiger partial charge in [0.1, 0.15) is 5.82 Å². The summed E-state index contributed by atoms with van der Waals surface area (Å²) in [5.74, 6) is -1.59. The number of benzene rings is 2. The highest BCUT2D eigenvalue weighted by molar-refractivity contribution is 5.95. The number of hydrogen-bond donors (Lipinski definition) is 1. The van der Waals surface area contributed by atoms with Crippen LogP contribution in [0.1, 0.15) is 21.6 Å². The molecule has 0 aliphatic carbocycles. The highest BCUT2D eigenvalue weighted by atomic mass is 19.1. The molecule has 3 rings (SSSR count). The third-order valence-electron chi connectivity index (χ3n) is 3.97. The minimum Gasteiger partial charge on any atom is -0.452 e. The van der Waals surface area contributed by atoms with Crippen molar-refractivity contribution in [1.29, 1.82) is 0 Å². The Morgan fingerprint density at radius 1 is 1.11 bits per heavy atom. The van der Waals surface area contributed by atoms with Gasteiger partial charge in [-0.1, -0.05) is 6.07 Å². The Labute approximate surface area is 155 Å². The van der Waals surface area contributed by atoms with E-state index in [9.17, 15) is 14.0 Å². The summed E-state index contributed by atoms with van der Waals surface area (Å²) >= 11 is 0. The van der Waals surface area contributed by atoms with Crippen LogP contribution in [0.25, 0.3) is 5.69 Å². The molecule has 0 bridgehead atoms. The van der Waals surface area contributed by atoms with Crippen LogP contribution in [0.4, 0.5) is 10.1 Å². The maximum atomic E-state index is 13.5. The van der Waals surface area contributed by atoms with Gasteiger partial charge >= 0.3 is 5.97 Å². The van der Waals surface area contributed by atoms with Crippen molar-refractivity contribution in [2.75, 3.05) is 11.9 Å². The molecule has 0 atom stereocenters. The zero-order chi connectivity index (χ0) is 19.4. The standard InChI is InChI=1S/C20H18FN3O3/c1-13-3-6-16(11-18(13)21)23-19(25)12-27-20(26)15-4-7-17(8-5-15)24-14(2)9-10-22-24/h3-11H,12H2,1-2H3,(H,23,25). The van der Waals surface area contributed by atoms with E-state index in [1.807, 2.05) is 13.0 Å². The molecule has 6 nitrogen and oxygen atoms in total. The van der Waals surface area contributed by atoms with Crippen molar-refractivity contribution in [3.8, 4) is 5.69 Å². The normalized spacial score (nSPS) is 10.5. The average molecular weight is 367 g/mol. The fraction of sp³-hybridized carbons (Fsp3) is 0.150. The second-order valence-corrected chi connectivity index (χ2v) is 6.02. The molecule has 0 saturated heterocycles. The molecule has 0 aliphatic rings. The molecule has 1 amide bonds. The lowest BCUT2D eigenvalue weighted by molar-refractivity contribution is -0.119. The molecule has 0 unspecified atom stereocenters. The molecule has 1 aromatic heterocycles. The van der Waals surface area contributed by atoms with Gasteiger partial charge < -0.3 is 10.1 Å². The van der Waals surface area contributed by atoms with E-state index >= 15 is 0 Å². The van der Waals surface area contributed by atoms with Crippen molar-refractivity contribution < 1.29 is 18.7 Å². The van der Waals surface area contributed by atoms with Crippen molar-refractivity contribution in [2.45, 2.75) is 13.8 Å². The van der Waals surface area contributed by atoms with Crippen LogP contribution in [-0.4, -0.2) is 28.3 Å². The predicted octanol–water partition coefficient (Wildman–Crippen LogP) is 3.42. The zero-order valence-corrected chi connectivity index (χ0v) is 14.9. The number of aromatic nitrogens is 2. The van der Waals surface area contributed by atoms with Gasteiger partial charge in [-0.15, -0.1) is 0 Å². The number of carbonyl (C=O) groups is 2. The molecule has 27 heavy (non-hydrogen) atoms. The number of esters is 1. The van der Waals surface area contributed by atoms with Crippen LogP contribution < -0.4 is 5.32 Å². The number of anilines is 1. The smallest absolute Gasteiger partial charge is 0.338 e. The van der Waals surface area contributed by atoms with Crippen molar-refractivity contribution in [3.05, 3.63) is 77.4 Å². The summed E-state index contributed by atoms with van der Waals surface area (Å²) in [5, 5.41) is 6.68. The minimum atomic E-state index is -0.621. The highest BCUT2D eigenvalue weighted by Crippen LogP contribution is 2.14. The van der Waals surface area contributed by atoms with Gasteiger partial charge in [0.05, 0.1) is 11.3 Å².